The predicted octanol–water partition coefficient (Wildman–Crippen LogP) is 3.02. The van der Waals surface area contributed by atoms with Crippen molar-refractivity contribution in [2.75, 3.05) is 0 Å². The van der Waals surface area contributed by atoms with Crippen LogP contribution in [-0.4, -0.2) is 4.98 Å². The third-order valence-electron chi connectivity index (χ3n) is 1.09. The van der Waals surface area contributed by atoms with E-state index in [0.717, 1.165) is 12.1 Å². The first-order valence-corrected chi connectivity index (χ1v) is 4.12. The van der Waals surface area contributed by atoms with E-state index in [1.165, 1.54) is 0 Å². The van der Waals surface area contributed by atoms with E-state index in [4.69, 9.17) is 0 Å². The molecule has 0 aliphatic rings. The lowest BCUT2D eigenvalue weighted by atomic mass is 10.3. The van der Waals surface area contributed by atoms with Crippen LogP contribution in [0.4, 0.5) is 0 Å². The second kappa shape index (κ2) is 6.84. The Morgan fingerprint density at radius 1 is 1.40 bits per heavy atom. The van der Waals surface area contributed by atoms with Gasteiger partial charge in [0.2, 0.25) is 0 Å². The summed E-state index contributed by atoms with van der Waals surface area (Å²) in [7, 11) is 8.22. The van der Waals surface area contributed by atoms with Gasteiger partial charge >= 0.3 is 0 Å². The molecule has 0 saturated carbocycles. The topological polar surface area (TPSA) is 12.9 Å². The average molecular weight is 178 g/mol. The Balaban J connectivity index is 0.000000371. The minimum atomic E-state index is 1.03. The van der Waals surface area contributed by atoms with Crippen molar-refractivity contribution in [3.8, 4) is 0 Å². The SMILES string of the molecule is CCc1ccccn1.ClCl. The summed E-state index contributed by atoms with van der Waals surface area (Å²) in [6.45, 7) is 2.10. The van der Waals surface area contributed by atoms with Crippen LogP contribution in [0.1, 0.15) is 12.6 Å². The summed E-state index contributed by atoms with van der Waals surface area (Å²) in [6.07, 6.45) is 2.85. The van der Waals surface area contributed by atoms with Crippen LogP contribution in [0.25, 0.3) is 0 Å². The van der Waals surface area contributed by atoms with Crippen molar-refractivity contribution in [1.29, 1.82) is 0 Å². The number of aryl methyl sites for hydroxylation is 1. The molecule has 0 aliphatic heterocycles. The van der Waals surface area contributed by atoms with Crippen molar-refractivity contribution in [2.24, 2.45) is 0 Å². The largest absolute Gasteiger partial charge is 0.261 e. The van der Waals surface area contributed by atoms with Crippen molar-refractivity contribution >= 4 is 21.7 Å². The molecule has 0 N–H and O–H groups in total. The summed E-state index contributed by atoms with van der Waals surface area (Å²) in [5.74, 6) is 0. The van der Waals surface area contributed by atoms with Gasteiger partial charge in [0.25, 0.3) is 0 Å². The number of hydrogen-bond donors (Lipinski definition) is 0. The molecule has 0 saturated heterocycles. The second-order valence-corrected chi connectivity index (χ2v) is 1.67. The lowest BCUT2D eigenvalue weighted by Gasteiger charge is -1.88. The van der Waals surface area contributed by atoms with Crippen molar-refractivity contribution in [3.05, 3.63) is 30.1 Å². The first kappa shape index (κ1) is 9.73. The molecule has 3 heteroatoms. The van der Waals surface area contributed by atoms with E-state index in [0.29, 0.717) is 0 Å². The van der Waals surface area contributed by atoms with Gasteiger partial charge in [0.15, 0.2) is 0 Å². The summed E-state index contributed by atoms with van der Waals surface area (Å²) >= 11 is 0. The Morgan fingerprint density at radius 2 is 2.10 bits per heavy atom. The summed E-state index contributed by atoms with van der Waals surface area (Å²) in [4.78, 5) is 4.10. The molecule has 0 unspecified atom stereocenters. The molecule has 10 heavy (non-hydrogen) atoms. The number of pyridine rings is 1. The standard InChI is InChI=1S/C7H9N.Cl2/c1-2-7-5-3-4-6-8-7;1-2/h3-6H,2H2,1H3;. The molecule has 1 aromatic rings. The van der Waals surface area contributed by atoms with Gasteiger partial charge in [0, 0.05) is 33.6 Å². The Labute approximate surface area is 70.6 Å². The van der Waals surface area contributed by atoms with E-state index < -0.39 is 0 Å². The fraction of sp³-hybridized carbons (Fsp3) is 0.286. The van der Waals surface area contributed by atoms with Gasteiger partial charge in [-0.05, 0) is 18.6 Å². The second-order valence-electron chi connectivity index (χ2n) is 1.67. The predicted molar refractivity (Wildman–Crippen MR) is 45.3 cm³/mol. The van der Waals surface area contributed by atoms with Crippen molar-refractivity contribution in [1.82, 2.24) is 4.98 Å². The lowest BCUT2D eigenvalue weighted by Crippen LogP contribution is -1.81. The highest BCUT2D eigenvalue weighted by Crippen LogP contribution is 1.91. The molecular weight excluding hydrogens is 169 g/mol. The van der Waals surface area contributed by atoms with Crippen molar-refractivity contribution in [3.63, 3.8) is 0 Å². The number of aromatic nitrogens is 1. The number of halogens is 2. The Kier molecular flexibility index (Phi) is 6.66. The molecular formula is C7H9Cl2N. The maximum absolute atomic E-state index is 4.11. The van der Waals surface area contributed by atoms with Gasteiger partial charge < -0.3 is 0 Å². The number of nitrogens with zero attached hydrogens (tertiary/aromatic N) is 1. The van der Waals surface area contributed by atoms with Gasteiger partial charge in [-0.1, -0.05) is 13.0 Å². The highest BCUT2D eigenvalue weighted by Gasteiger charge is 1.81. The molecule has 0 amide bonds. The fourth-order valence-electron chi connectivity index (χ4n) is 0.607. The fourth-order valence-corrected chi connectivity index (χ4v) is 0.607. The quantitative estimate of drug-likeness (QED) is 0.643. The van der Waals surface area contributed by atoms with E-state index >= 15 is 0 Å². The Morgan fingerprint density at radius 3 is 2.40 bits per heavy atom. The maximum Gasteiger partial charge on any atom is 0.0400 e. The molecule has 0 spiro atoms. The van der Waals surface area contributed by atoms with Gasteiger partial charge in [0.1, 0.15) is 0 Å². The summed E-state index contributed by atoms with van der Waals surface area (Å²) < 4.78 is 0. The summed E-state index contributed by atoms with van der Waals surface area (Å²) in [5, 5.41) is 0. The molecule has 0 bridgehead atoms. The molecule has 1 heterocycles. The smallest absolute Gasteiger partial charge is 0.0400 e. The molecule has 0 fully saturated rings. The molecule has 1 aromatic heterocycles. The van der Waals surface area contributed by atoms with E-state index in [2.05, 4.69) is 33.6 Å². The van der Waals surface area contributed by atoms with Gasteiger partial charge in [0.05, 0.1) is 0 Å². The Bertz CT molecular complexity index is 153. The van der Waals surface area contributed by atoms with Gasteiger partial charge in [-0.3, -0.25) is 4.98 Å². The molecule has 1 rings (SSSR count). The van der Waals surface area contributed by atoms with Crippen LogP contribution in [0, 0.1) is 0 Å². The first-order chi connectivity index (χ1) is 4.93. The zero-order valence-electron chi connectivity index (χ0n) is 5.72. The molecule has 0 radical (unpaired) electrons. The number of hydrogen-bond acceptors (Lipinski definition) is 1. The molecule has 0 aliphatic carbocycles. The van der Waals surface area contributed by atoms with E-state index in [9.17, 15) is 0 Å². The minimum Gasteiger partial charge on any atom is -0.261 e. The van der Waals surface area contributed by atoms with Gasteiger partial charge in [-0.2, -0.15) is 0 Å². The number of rotatable bonds is 1. The molecule has 1 nitrogen and oxygen atoms in total. The maximum atomic E-state index is 4.11. The average Bonchev–Trinajstić information content (AvgIpc) is 2.10. The Hall–Kier alpha value is -0.270. The van der Waals surface area contributed by atoms with Crippen molar-refractivity contribution in [2.45, 2.75) is 13.3 Å². The van der Waals surface area contributed by atoms with Crippen LogP contribution in [0.2, 0.25) is 0 Å². The summed E-state index contributed by atoms with van der Waals surface area (Å²) in [6, 6.07) is 5.96. The highest BCUT2D eigenvalue weighted by atomic mass is 36.5. The zero-order chi connectivity index (χ0) is 7.82. The van der Waals surface area contributed by atoms with Crippen LogP contribution in [0.3, 0.4) is 0 Å². The minimum absolute atomic E-state index is 1.03. The van der Waals surface area contributed by atoms with Crippen LogP contribution < -0.4 is 0 Å². The van der Waals surface area contributed by atoms with Gasteiger partial charge in [-0.15, -0.1) is 0 Å². The molecule has 56 valence electrons. The van der Waals surface area contributed by atoms with E-state index in [1.807, 2.05) is 24.4 Å². The van der Waals surface area contributed by atoms with Crippen molar-refractivity contribution < 1.29 is 0 Å². The van der Waals surface area contributed by atoms with Crippen LogP contribution in [0.5, 0.6) is 0 Å². The molecule has 0 atom stereocenters. The lowest BCUT2D eigenvalue weighted by molar-refractivity contribution is 1.04. The third-order valence-corrected chi connectivity index (χ3v) is 1.09. The first-order valence-electron chi connectivity index (χ1n) is 2.97. The van der Waals surface area contributed by atoms with Crippen LogP contribution >= 0.6 is 21.7 Å². The normalized spacial score (nSPS) is 7.90. The summed E-state index contributed by atoms with van der Waals surface area (Å²) in [5.41, 5.74) is 1.16. The molecule has 0 aromatic carbocycles. The van der Waals surface area contributed by atoms with Crippen LogP contribution in [-0.2, 0) is 6.42 Å². The van der Waals surface area contributed by atoms with E-state index in [1.54, 1.807) is 0 Å². The van der Waals surface area contributed by atoms with Gasteiger partial charge in [-0.25, -0.2) is 0 Å². The van der Waals surface area contributed by atoms with Crippen LogP contribution in [0.15, 0.2) is 24.4 Å². The monoisotopic (exact) mass is 177 g/mol. The zero-order valence-corrected chi connectivity index (χ0v) is 7.23. The van der Waals surface area contributed by atoms with E-state index in [-0.39, 0.29) is 0 Å². The third kappa shape index (κ3) is 3.70. The highest BCUT2D eigenvalue weighted by molar-refractivity contribution is 6.85.